The number of carbonyl (C=O) groups is 1. The smallest absolute Gasteiger partial charge is 0.408 e. The van der Waals surface area contributed by atoms with Crippen LogP contribution in [0.2, 0.25) is 0 Å². The van der Waals surface area contributed by atoms with Gasteiger partial charge in [0.05, 0.1) is 55.4 Å². The molecule has 0 aliphatic carbocycles. The number of hydrogen-bond donors (Lipinski definition) is 1. The quantitative estimate of drug-likeness (QED) is 0.208. The van der Waals surface area contributed by atoms with E-state index in [1.807, 2.05) is 34.6 Å². The molecule has 0 aromatic carbocycles. The van der Waals surface area contributed by atoms with E-state index in [1.54, 1.807) is 7.11 Å². The maximum absolute atomic E-state index is 12.3. The largest absolute Gasteiger partial charge is 0.444 e. The lowest BCUT2D eigenvalue weighted by molar-refractivity contribution is -0.100. The summed E-state index contributed by atoms with van der Waals surface area (Å²) in [6.07, 6.45) is 2.27. The molecule has 226 valence electrons. The second-order valence-electron chi connectivity index (χ2n) is 12.6. The summed E-state index contributed by atoms with van der Waals surface area (Å²) in [6, 6.07) is -0.364. The van der Waals surface area contributed by atoms with E-state index in [0.29, 0.717) is 19.8 Å². The molecule has 1 heterocycles. The van der Waals surface area contributed by atoms with Crippen LogP contribution < -0.4 is 5.32 Å². The number of nitrogens with one attached hydrogen (secondary N) is 1. The van der Waals surface area contributed by atoms with Gasteiger partial charge in [-0.15, -0.1) is 0 Å². The first-order valence-corrected chi connectivity index (χ1v) is 14.2. The Balaban J connectivity index is 2.54. The van der Waals surface area contributed by atoms with Crippen molar-refractivity contribution in [3.05, 3.63) is 0 Å². The van der Waals surface area contributed by atoms with Gasteiger partial charge in [0.15, 0.2) is 6.29 Å². The number of ether oxygens (including phenoxy) is 7. The number of methoxy groups -OCH3 is 1. The van der Waals surface area contributed by atoms with E-state index in [9.17, 15) is 4.79 Å². The Kier molecular flexibility index (Phi) is 14.0. The summed E-state index contributed by atoms with van der Waals surface area (Å²) < 4.78 is 41.1. The zero-order valence-corrected chi connectivity index (χ0v) is 26.2. The summed E-state index contributed by atoms with van der Waals surface area (Å²) in [6.45, 7) is 23.7. The van der Waals surface area contributed by atoms with Crippen molar-refractivity contribution in [1.29, 1.82) is 0 Å². The minimum Gasteiger partial charge on any atom is -0.444 e. The summed E-state index contributed by atoms with van der Waals surface area (Å²) >= 11 is 0. The zero-order chi connectivity index (χ0) is 29.2. The van der Waals surface area contributed by atoms with E-state index in [0.717, 1.165) is 25.7 Å². The molecule has 1 saturated heterocycles. The lowest BCUT2D eigenvalue weighted by Crippen LogP contribution is -2.45. The van der Waals surface area contributed by atoms with Crippen LogP contribution in [0, 0.1) is 0 Å². The van der Waals surface area contributed by atoms with Crippen molar-refractivity contribution in [3.8, 4) is 0 Å². The summed E-state index contributed by atoms with van der Waals surface area (Å²) in [5.74, 6) is 0. The Morgan fingerprint density at radius 3 is 2.08 bits per heavy atom. The fourth-order valence-electron chi connectivity index (χ4n) is 3.74. The maximum atomic E-state index is 12.3. The highest BCUT2D eigenvalue weighted by Crippen LogP contribution is 2.38. The SMILES string of the molecule is CCC(C)(CCOC(C)(C)CCOC(C)(CC)C1OC1OCC(COC(C)C)NC(=O)OC(C)(C)C)OC. The summed E-state index contributed by atoms with van der Waals surface area (Å²) in [4.78, 5) is 12.3. The van der Waals surface area contributed by atoms with Crippen molar-refractivity contribution >= 4 is 6.09 Å². The molecule has 9 nitrogen and oxygen atoms in total. The van der Waals surface area contributed by atoms with Gasteiger partial charge in [-0.05, 0) is 88.0 Å². The van der Waals surface area contributed by atoms with Gasteiger partial charge >= 0.3 is 6.09 Å². The van der Waals surface area contributed by atoms with Crippen LogP contribution in [0.1, 0.15) is 102 Å². The van der Waals surface area contributed by atoms with E-state index < -0.39 is 23.6 Å². The molecule has 0 bridgehead atoms. The van der Waals surface area contributed by atoms with E-state index in [4.69, 9.17) is 33.2 Å². The molecule has 1 fully saturated rings. The molecular weight excluding hydrogens is 490 g/mol. The molecule has 1 amide bonds. The zero-order valence-electron chi connectivity index (χ0n) is 26.2. The second kappa shape index (κ2) is 15.1. The molecular formula is C29H57NO8. The van der Waals surface area contributed by atoms with Gasteiger partial charge in [-0.2, -0.15) is 0 Å². The molecule has 9 heteroatoms. The van der Waals surface area contributed by atoms with E-state index in [1.165, 1.54) is 0 Å². The fourth-order valence-corrected chi connectivity index (χ4v) is 3.74. The van der Waals surface area contributed by atoms with Crippen molar-refractivity contribution in [1.82, 2.24) is 5.32 Å². The van der Waals surface area contributed by atoms with Crippen LogP contribution in [0.4, 0.5) is 4.79 Å². The van der Waals surface area contributed by atoms with Gasteiger partial charge in [0.1, 0.15) is 11.7 Å². The van der Waals surface area contributed by atoms with Gasteiger partial charge in [0.25, 0.3) is 0 Å². The van der Waals surface area contributed by atoms with Crippen LogP contribution in [-0.2, 0) is 33.2 Å². The third kappa shape index (κ3) is 13.4. The number of amides is 1. The Morgan fingerprint density at radius 2 is 1.55 bits per heavy atom. The van der Waals surface area contributed by atoms with Gasteiger partial charge in [-0.1, -0.05) is 13.8 Å². The fraction of sp³-hybridized carbons (Fsp3) is 0.966. The summed E-state index contributed by atoms with van der Waals surface area (Å²) in [5.41, 5.74) is -1.54. The predicted molar refractivity (Wildman–Crippen MR) is 148 cm³/mol. The van der Waals surface area contributed by atoms with Gasteiger partial charge in [-0.25, -0.2) is 4.79 Å². The van der Waals surface area contributed by atoms with Crippen LogP contribution >= 0.6 is 0 Å². The van der Waals surface area contributed by atoms with Crippen LogP contribution in [0.3, 0.4) is 0 Å². The Hall–Kier alpha value is -0.970. The molecule has 1 N–H and O–H groups in total. The minimum atomic E-state index is -0.584. The molecule has 5 unspecified atom stereocenters. The molecule has 0 spiro atoms. The third-order valence-electron chi connectivity index (χ3n) is 7.07. The van der Waals surface area contributed by atoms with Gasteiger partial charge in [0, 0.05) is 7.11 Å². The lowest BCUT2D eigenvalue weighted by Gasteiger charge is -2.32. The van der Waals surface area contributed by atoms with E-state index in [-0.39, 0.29) is 36.1 Å². The molecule has 1 aliphatic heterocycles. The molecule has 0 aromatic heterocycles. The van der Waals surface area contributed by atoms with Gasteiger partial charge < -0.3 is 38.5 Å². The number of carbonyl (C=O) groups excluding carboxylic acids is 1. The van der Waals surface area contributed by atoms with Crippen LogP contribution in [-0.4, -0.2) is 86.6 Å². The number of rotatable bonds is 19. The number of epoxide rings is 1. The minimum absolute atomic E-state index is 0.0315. The van der Waals surface area contributed by atoms with Crippen LogP contribution in [0.15, 0.2) is 0 Å². The summed E-state index contributed by atoms with van der Waals surface area (Å²) in [5, 5.41) is 2.84. The molecule has 5 atom stereocenters. The number of hydrogen-bond acceptors (Lipinski definition) is 8. The van der Waals surface area contributed by atoms with Crippen molar-refractivity contribution in [2.45, 2.75) is 149 Å². The molecule has 1 aliphatic rings. The predicted octanol–water partition coefficient (Wildman–Crippen LogP) is 5.62. The molecule has 0 aromatic rings. The maximum Gasteiger partial charge on any atom is 0.408 e. The average Bonchev–Trinajstić information content (AvgIpc) is 3.59. The first-order chi connectivity index (χ1) is 17.5. The van der Waals surface area contributed by atoms with Crippen LogP contribution in [0.25, 0.3) is 0 Å². The highest BCUT2D eigenvalue weighted by atomic mass is 16.8. The van der Waals surface area contributed by atoms with Gasteiger partial charge in [-0.3, -0.25) is 0 Å². The molecule has 0 radical (unpaired) electrons. The lowest BCUT2D eigenvalue weighted by atomic mass is 9.98. The highest BCUT2D eigenvalue weighted by Gasteiger charge is 2.53. The second-order valence-corrected chi connectivity index (χ2v) is 12.6. The molecule has 0 saturated carbocycles. The highest BCUT2D eigenvalue weighted by molar-refractivity contribution is 5.68. The Labute approximate surface area is 231 Å². The Bertz CT molecular complexity index is 689. The van der Waals surface area contributed by atoms with Crippen molar-refractivity contribution in [3.63, 3.8) is 0 Å². The Morgan fingerprint density at radius 1 is 0.921 bits per heavy atom. The molecule has 1 rings (SSSR count). The topological polar surface area (TPSA) is 97.0 Å². The first kappa shape index (κ1) is 35.1. The molecule has 38 heavy (non-hydrogen) atoms. The summed E-state index contributed by atoms with van der Waals surface area (Å²) in [7, 11) is 1.75. The number of alkyl carbamates (subject to hydrolysis) is 1. The van der Waals surface area contributed by atoms with Crippen molar-refractivity contribution < 1.29 is 38.0 Å². The van der Waals surface area contributed by atoms with E-state index in [2.05, 4.69) is 46.9 Å². The van der Waals surface area contributed by atoms with Gasteiger partial charge in [0.2, 0.25) is 0 Å². The standard InChI is InChI=1S/C29H57NO8/c1-13-28(10,32-12)16-18-35-27(8,9)15-17-36-29(11,14-2)23-24(37-23)34-20-22(19-33-21(3)4)30-25(31)38-26(5,6)7/h21-24H,13-20H2,1-12H3,(H,30,31). The van der Waals surface area contributed by atoms with Crippen LogP contribution in [0.5, 0.6) is 0 Å². The average molecular weight is 548 g/mol. The first-order valence-electron chi connectivity index (χ1n) is 14.2. The third-order valence-corrected chi connectivity index (χ3v) is 7.07. The van der Waals surface area contributed by atoms with E-state index >= 15 is 0 Å². The van der Waals surface area contributed by atoms with Crippen molar-refractivity contribution in [2.75, 3.05) is 33.5 Å². The normalized spacial score (nSPS) is 22.0. The van der Waals surface area contributed by atoms with Crippen molar-refractivity contribution in [2.24, 2.45) is 0 Å². The monoisotopic (exact) mass is 547 g/mol.